The van der Waals surface area contributed by atoms with Gasteiger partial charge in [0.2, 0.25) is 0 Å². The lowest BCUT2D eigenvalue weighted by Gasteiger charge is -2.26. The van der Waals surface area contributed by atoms with Crippen LogP contribution in [0.15, 0.2) is 0 Å². The Hall–Kier alpha value is -0.570. The van der Waals surface area contributed by atoms with Crippen molar-refractivity contribution in [2.24, 2.45) is 0 Å². The molecule has 0 spiro atoms. The van der Waals surface area contributed by atoms with Gasteiger partial charge in [0.15, 0.2) is 0 Å². The van der Waals surface area contributed by atoms with Gasteiger partial charge in [-0.05, 0) is 26.4 Å². The molecular formula is C12H25NO2. The number of carboxylic acids is 1. The number of rotatable bonds is 9. The van der Waals surface area contributed by atoms with Gasteiger partial charge in [0.1, 0.15) is 0 Å². The molecule has 1 unspecified atom stereocenters. The molecule has 0 aliphatic rings. The van der Waals surface area contributed by atoms with Gasteiger partial charge in [-0.25, -0.2) is 0 Å². The highest BCUT2D eigenvalue weighted by Crippen LogP contribution is 2.07. The molecule has 0 bridgehead atoms. The summed E-state index contributed by atoms with van der Waals surface area (Å²) < 4.78 is 0. The zero-order valence-corrected chi connectivity index (χ0v) is 10.3. The number of carbonyl (C=O) groups is 1. The first-order valence-electron chi connectivity index (χ1n) is 6.07. The Balaban J connectivity index is 3.74. The van der Waals surface area contributed by atoms with E-state index in [0.717, 1.165) is 13.1 Å². The summed E-state index contributed by atoms with van der Waals surface area (Å²) in [5.41, 5.74) is 0. The normalized spacial score (nSPS) is 13.1. The molecule has 0 aromatic rings. The van der Waals surface area contributed by atoms with Crippen molar-refractivity contribution < 1.29 is 9.90 Å². The molecule has 0 rings (SSSR count). The van der Waals surface area contributed by atoms with Crippen LogP contribution in [0.3, 0.4) is 0 Å². The van der Waals surface area contributed by atoms with E-state index in [0.29, 0.717) is 0 Å². The average Bonchev–Trinajstić information content (AvgIpc) is 2.16. The van der Waals surface area contributed by atoms with E-state index in [1.165, 1.54) is 25.7 Å². The Morgan fingerprint density at radius 3 is 2.40 bits per heavy atom. The highest BCUT2D eigenvalue weighted by atomic mass is 16.4. The molecule has 15 heavy (non-hydrogen) atoms. The molecule has 0 aliphatic heterocycles. The molecular weight excluding hydrogens is 190 g/mol. The largest absolute Gasteiger partial charge is 0.481 e. The van der Waals surface area contributed by atoms with E-state index < -0.39 is 5.97 Å². The van der Waals surface area contributed by atoms with Gasteiger partial charge in [-0.2, -0.15) is 0 Å². The summed E-state index contributed by atoms with van der Waals surface area (Å²) >= 11 is 0. The smallest absolute Gasteiger partial charge is 0.304 e. The van der Waals surface area contributed by atoms with Crippen molar-refractivity contribution in [3.05, 3.63) is 0 Å². The molecule has 0 radical (unpaired) electrons. The van der Waals surface area contributed by atoms with Crippen LogP contribution in [-0.2, 0) is 4.79 Å². The first-order chi connectivity index (χ1) is 7.11. The summed E-state index contributed by atoms with van der Waals surface area (Å²) in [6, 6.07) is 0.161. The topological polar surface area (TPSA) is 40.5 Å². The summed E-state index contributed by atoms with van der Waals surface area (Å²) in [7, 11) is 0. The molecule has 3 nitrogen and oxygen atoms in total. The van der Waals surface area contributed by atoms with Gasteiger partial charge in [0.25, 0.3) is 0 Å². The van der Waals surface area contributed by atoms with Crippen LogP contribution in [0.1, 0.15) is 52.9 Å². The molecule has 0 saturated heterocycles. The van der Waals surface area contributed by atoms with Crippen LogP contribution >= 0.6 is 0 Å². The van der Waals surface area contributed by atoms with Crippen LogP contribution in [0.25, 0.3) is 0 Å². The van der Waals surface area contributed by atoms with E-state index >= 15 is 0 Å². The molecule has 0 amide bonds. The van der Waals surface area contributed by atoms with Gasteiger partial charge in [0, 0.05) is 6.04 Å². The predicted octanol–water partition coefficient (Wildman–Crippen LogP) is 2.75. The van der Waals surface area contributed by atoms with Crippen LogP contribution in [0.5, 0.6) is 0 Å². The molecule has 0 fully saturated rings. The number of carboxylic acid groups (broad SMARTS) is 1. The van der Waals surface area contributed by atoms with Crippen LogP contribution in [0, 0.1) is 0 Å². The summed E-state index contributed by atoms with van der Waals surface area (Å²) in [6.45, 7) is 8.27. The van der Waals surface area contributed by atoms with Gasteiger partial charge >= 0.3 is 5.97 Å². The Kier molecular flexibility index (Phi) is 8.38. The number of nitrogens with zero attached hydrogens (tertiary/aromatic N) is 1. The van der Waals surface area contributed by atoms with Gasteiger partial charge < -0.3 is 10.0 Å². The second kappa shape index (κ2) is 8.72. The van der Waals surface area contributed by atoms with Crippen LogP contribution < -0.4 is 0 Å². The first kappa shape index (κ1) is 14.4. The third kappa shape index (κ3) is 7.37. The lowest BCUT2D eigenvalue weighted by atomic mass is 10.1. The van der Waals surface area contributed by atoms with Crippen molar-refractivity contribution in [3.8, 4) is 0 Å². The lowest BCUT2D eigenvalue weighted by molar-refractivity contribution is -0.138. The highest BCUT2D eigenvalue weighted by molar-refractivity contribution is 5.67. The van der Waals surface area contributed by atoms with Crippen molar-refractivity contribution >= 4 is 5.97 Å². The average molecular weight is 215 g/mol. The number of hydrogen-bond acceptors (Lipinski definition) is 2. The maximum Gasteiger partial charge on any atom is 0.304 e. The number of hydrogen-bond donors (Lipinski definition) is 1. The maximum atomic E-state index is 10.6. The Morgan fingerprint density at radius 2 is 1.93 bits per heavy atom. The van der Waals surface area contributed by atoms with Crippen molar-refractivity contribution in [2.75, 3.05) is 13.1 Å². The minimum atomic E-state index is -0.700. The monoisotopic (exact) mass is 215 g/mol. The molecule has 3 heteroatoms. The minimum Gasteiger partial charge on any atom is -0.481 e. The van der Waals surface area contributed by atoms with Gasteiger partial charge in [0.05, 0.1) is 6.42 Å². The molecule has 1 N–H and O–H groups in total. The van der Waals surface area contributed by atoms with Gasteiger partial charge in [-0.15, -0.1) is 0 Å². The zero-order valence-electron chi connectivity index (χ0n) is 10.3. The zero-order chi connectivity index (χ0) is 11.7. The molecule has 0 aromatic carbocycles. The molecule has 0 aliphatic carbocycles. The molecule has 0 aromatic heterocycles. The van der Waals surface area contributed by atoms with E-state index in [2.05, 4.69) is 18.7 Å². The first-order valence-corrected chi connectivity index (χ1v) is 6.07. The maximum absolute atomic E-state index is 10.6. The molecule has 0 heterocycles. The Morgan fingerprint density at radius 1 is 1.27 bits per heavy atom. The summed E-state index contributed by atoms with van der Waals surface area (Å²) in [6.07, 6.45) is 5.22. The van der Waals surface area contributed by atoms with Crippen molar-refractivity contribution in [2.45, 2.75) is 58.9 Å². The fraction of sp³-hybridized carbons (Fsp3) is 0.917. The van der Waals surface area contributed by atoms with E-state index in [4.69, 9.17) is 5.11 Å². The fourth-order valence-corrected chi connectivity index (χ4v) is 1.81. The third-order valence-electron chi connectivity index (χ3n) is 2.80. The van der Waals surface area contributed by atoms with E-state index in [1.54, 1.807) is 0 Å². The highest BCUT2D eigenvalue weighted by Gasteiger charge is 2.14. The summed E-state index contributed by atoms with van der Waals surface area (Å²) in [4.78, 5) is 12.8. The molecule has 90 valence electrons. The summed E-state index contributed by atoms with van der Waals surface area (Å²) in [5.74, 6) is -0.700. The van der Waals surface area contributed by atoms with Crippen molar-refractivity contribution in [1.82, 2.24) is 4.90 Å². The van der Waals surface area contributed by atoms with E-state index in [1.807, 2.05) is 6.92 Å². The van der Waals surface area contributed by atoms with Crippen molar-refractivity contribution in [3.63, 3.8) is 0 Å². The summed E-state index contributed by atoms with van der Waals surface area (Å²) in [5, 5.41) is 8.71. The predicted molar refractivity (Wildman–Crippen MR) is 63.1 cm³/mol. The van der Waals surface area contributed by atoms with Gasteiger partial charge in [-0.1, -0.05) is 33.1 Å². The minimum absolute atomic E-state index is 0.161. The van der Waals surface area contributed by atoms with Crippen LogP contribution in [-0.4, -0.2) is 35.1 Å². The second-order valence-corrected chi connectivity index (χ2v) is 4.14. The fourth-order valence-electron chi connectivity index (χ4n) is 1.81. The molecule has 1 atom stereocenters. The third-order valence-corrected chi connectivity index (χ3v) is 2.80. The standard InChI is InChI=1S/C12H25NO2/c1-4-6-7-8-9-13(5-2)11(3)10-12(14)15/h11H,4-10H2,1-3H3,(H,14,15). The van der Waals surface area contributed by atoms with Gasteiger partial charge in [-0.3, -0.25) is 4.79 Å². The van der Waals surface area contributed by atoms with Crippen LogP contribution in [0.4, 0.5) is 0 Å². The molecule has 0 saturated carbocycles. The second-order valence-electron chi connectivity index (χ2n) is 4.14. The number of unbranched alkanes of at least 4 members (excludes halogenated alkanes) is 3. The van der Waals surface area contributed by atoms with Crippen molar-refractivity contribution in [1.29, 1.82) is 0 Å². The van der Waals surface area contributed by atoms with Crippen LogP contribution in [0.2, 0.25) is 0 Å². The van der Waals surface area contributed by atoms with E-state index in [-0.39, 0.29) is 12.5 Å². The quantitative estimate of drug-likeness (QED) is 0.601. The van der Waals surface area contributed by atoms with E-state index in [9.17, 15) is 4.79 Å². The number of aliphatic carboxylic acids is 1. The lowest BCUT2D eigenvalue weighted by Crippen LogP contribution is -2.35. The Bertz CT molecular complexity index is 171. The Labute approximate surface area is 93.5 Å². The SMILES string of the molecule is CCCCCCN(CC)C(C)CC(=O)O.